The fourth-order valence-electron chi connectivity index (χ4n) is 3.41. The van der Waals surface area contributed by atoms with Gasteiger partial charge in [-0.3, -0.25) is 9.59 Å². The Hall–Kier alpha value is -4.30. The molecule has 0 atom stereocenters. The number of amides is 1. The van der Waals surface area contributed by atoms with Crippen LogP contribution in [0.25, 0.3) is 23.0 Å². The largest absolute Gasteiger partial charge is 0.454 e. The van der Waals surface area contributed by atoms with Crippen molar-refractivity contribution < 1.29 is 19.1 Å². The molecule has 0 aliphatic heterocycles. The number of para-hydroxylation sites is 1. The van der Waals surface area contributed by atoms with E-state index in [4.69, 9.17) is 9.84 Å². The smallest absolute Gasteiger partial charge is 0.331 e. The maximum Gasteiger partial charge on any atom is 0.331 e. The maximum atomic E-state index is 12.4. The molecule has 0 aliphatic carbocycles. The molecule has 0 unspecified atom stereocenters. The van der Waals surface area contributed by atoms with Gasteiger partial charge in [-0.1, -0.05) is 48.0 Å². The van der Waals surface area contributed by atoms with Crippen LogP contribution < -0.4 is 5.32 Å². The molecule has 2 heterocycles. The number of carbonyl (C=O) groups is 3. The first-order chi connectivity index (χ1) is 17.4. The Morgan fingerprint density at radius 1 is 1.03 bits per heavy atom. The van der Waals surface area contributed by atoms with Crippen molar-refractivity contribution in [2.24, 2.45) is 0 Å². The fraction of sp³-hybridized carbons (Fsp3) is 0.143. The molecular weight excluding hydrogens is 474 g/mol. The zero-order valence-electron chi connectivity index (χ0n) is 19.9. The van der Waals surface area contributed by atoms with E-state index in [9.17, 15) is 14.4 Å². The first kappa shape index (κ1) is 24.8. The number of benzene rings is 2. The van der Waals surface area contributed by atoms with Crippen LogP contribution in [0.2, 0.25) is 0 Å². The SMILES string of the molecule is CC(=O)NCc1ccc(C(=O)COC(=O)/C=C/c2cn(-c3ccccc3)nc2-c2ccc(C)cc2)s1. The van der Waals surface area contributed by atoms with Crippen LogP contribution in [0.4, 0.5) is 0 Å². The first-order valence-corrected chi connectivity index (χ1v) is 12.1. The normalized spacial score (nSPS) is 10.9. The van der Waals surface area contributed by atoms with E-state index in [2.05, 4.69) is 5.32 Å². The number of hydrogen-bond acceptors (Lipinski definition) is 6. The van der Waals surface area contributed by atoms with E-state index in [1.165, 1.54) is 24.3 Å². The Morgan fingerprint density at radius 3 is 2.50 bits per heavy atom. The third-order valence-corrected chi connectivity index (χ3v) is 6.41. The molecule has 1 N–H and O–H groups in total. The highest BCUT2D eigenvalue weighted by atomic mass is 32.1. The standard InChI is InChI=1S/C28H25N3O4S/c1-19-8-10-21(11-9-19)28-22(17-31(30-28)23-6-4-3-5-7-23)12-15-27(34)35-18-25(33)26-14-13-24(36-26)16-29-20(2)32/h3-15,17H,16,18H2,1-2H3,(H,29,32)/b15-12+. The van der Waals surface area contributed by atoms with Crippen molar-refractivity contribution in [3.63, 3.8) is 0 Å². The van der Waals surface area contributed by atoms with Gasteiger partial charge in [0.25, 0.3) is 0 Å². The average molecular weight is 500 g/mol. The molecule has 8 heteroatoms. The second-order valence-corrected chi connectivity index (χ2v) is 9.29. The monoisotopic (exact) mass is 499 g/mol. The number of carbonyl (C=O) groups excluding carboxylic acids is 3. The van der Waals surface area contributed by atoms with Crippen molar-refractivity contribution in [2.45, 2.75) is 20.4 Å². The number of aryl methyl sites for hydroxylation is 1. The van der Waals surface area contributed by atoms with Crippen molar-refractivity contribution in [2.75, 3.05) is 6.61 Å². The van der Waals surface area contributed by atoms with Crippen LogP contribution in [0.5, 0.6) is 0 Å². The van der Waals surface area contributed by atoms with Gasteiger partial charge in [-0.05, 0) is 37.3 Å². The number of hydrogen-bond donors (Lipinski definition) is 1. The van der Waals surface area contributed by atoms with E-state index < -0.39 is 5.97 Å². The molecule has 4 rings (SSSR count). The summed E-state index contributed by atoms with van der Waals surface area (Å²) < 4.78 is 6.94. The molecule has 4 aromatic rings. The van der Waals surface area contributed by atoms with Crippen molar-refractivity contribution in [3.8, 4) is 16.9 Å². The van der Waals surface area contributed by atoms with Crippen molar-refractivity contribution in [1.82, 2.24) is 15.1 Å². The van der Waals surface area contributed by atoms with E-state index in [0.717, 1.165) is 32.9 Å². The Kier molecular flexibility index (Phi) is 7.87. The molecule has 0 spiro atoms. The summed E-state index contributed by atoms with van der Waals surface area (Å²) >= 11 is 1.26. The van der Waals surface area contributed by atoms with Gasteiger partial charge in [0.05, 0.1) is 22.8 Å². The molecule has 36 heavy (non-hydrogen) atoms. The van der Waals surface area contributed by atoms with Crippen LogP contribution in [-0.4, -0.2) is 34.0 Å². The molecular formula is C28H25N3O4S. The Balaban J connectivity index is 1.45. The van der Waals surface area contributed by atoms with Crippen LogP contribution in [0.1, 0.15) is 32.6 Å². The molecule has 0 aliphatic rings. The minimum absolute atomic E-state index is 0.142. The van der Waals surface area contributed by atoms with Crippen molar-refractivity contribution in [3.05, 3.63) is 99.9 Å². The van der Waals surface area contributed by atoms with Crippen molar-refractivity contribution in [1.29, 1.82) is 0 Å². The van der Waals surface area contributed by atoms with Gasteiger partial charge in [0.1, 0.15) is 0 Å². The summed E-state index contributed by atoms with van der Waals surface area (Å²) in [5.74, 6) is -1.06. The summed E-state index contributed by atoms with van der Waals surface area (Å²) in [6.45, 7) is 3.45. The quantitative estimate of drug-likeness (QED) is 0.199. The van der Waals surface area contributed by atoms with Gasteiger partial charge < -0.3 is 10.1 Å². The van der Waals surface area contributed by atoms with Crippen LogP contribution in [0.3, 0.4) is 0 Å². The lowest BCUT2D eigenvalue weighted by molar-refractivity contribution is -0.136. The van der Waals surface area contributed by atoms with Crippen molar-refractivity contribution >= 4 is 35.1 Å². The van der Waals surface area contributed by atoms with Crippen LogP contribution in [-0.2, 0) is 20.9 Å². The predicted octanol–water partition coefficient (Wildman–Crippen LogP) is 4.98. The minimum atomic E-state index is -0.624. The highest BCUT2D eigenvalue weighted by molar-refractivity contribution is 7.14. The fourth-order valence-corrected chi connectivity index (χ4v) is 4.28. The predicted molar refractivity (Wildman–Crippen MR) is 140 cm³/mol. The molecule has 0 fully saturated rings. The lowest BCUT2D eigenvalue weighted by atomic mass is 10.1. The van der Waals surface area contributed by atoms with Crippen LogP contribution >= 0.6 is 11.3 Å². The topological polar surface area (TPSA) is 90.3 Å². The maximum absolute atomic E-state index is 12.4. The molecule has 7 nitrogen and oxygen atoms in total. The minimum Gasteiger partial charge on any atom is -0.454 e. The van der Waals surface area contributed by atoms with Gasteiger partial charge in [-0.2, -0.15) is 5.10 Å². The van der Waals surface area contributed by atoms with Gasteiger partial charge in [0.2, 0.25) is 11.7 Å². The zero-order valence-corrected chi connectivity index (χ0v) is 20.7. The molecule has 0 bridgehead atoms. The molecule has 2 aromatic carbocycles. The third kappa shape index (κ3) is 6.43. The van der Waals surface area contributed by atoms with Gasteiger partial charge in [-0.15, -0.1) is 11.3 Å². The number of nitrogens with zero attached hydrogens (tertiary/aromatic N) is 2. The number of rotatable bonds is 9. The highest BCUT2D eigenvalue weighted by Gasteiger charge is 2.13. The zero-order chi connectivity index (χ0) is 25.5. The summed E-state index contributed by atoms with van der Waals surface area (Å²) in [5, 5.41) is 7.42. The van der Waals surface area contributed by atoms with E-state index in [1.54, 1.807) is 22.9 Å². The summed E-state index contributed by atoms with van der Waals surface area (Å²) in [6.07, 6.45) is 4.79. The lowest BCUT2D eigenvalue weighted by Gasteiger charge is -2.01. The van der Waals surface area contributed by atoms with Gasteiger partial charge in [0.15, 0.2) is 6.61 Å². The molecule has 0 saturated heterocycles. The summed E-state index contributed by atoms with van der Waals surface area (Å²) in [4.78, 5) is 37.1. The van der Waals surface area contributed by atoms with Crippen LogP contribution in [0.15, 0.2) is 79.0 Å². The summed E-state index contributed by atoms with van der Waals surface area (Å²) in [5.41, 5.74) is 4.43. The van der Waals surface area contributed by atoms with E-state index in [0.29, 0.717) is 11.4 Å². The van der Waals surface area contributed by atoms with Crippen LogP contribution in [0, 0.1) is 6.92 Å². The molecule has 0 saturated carbocycles. The number of Topliss-reactive ketones (excluding diaryl/α,β-unsaturated/α-hetero) is 1. The molecule has 1 amide bonds. The van der Waals surface area contributed by atoms with Gasteiger partial charge in [0, 0.05) is 35.2 Å². The number of ether oxygens (including phenoxy) is 1. The second-order valence-electron chi connectivity index (χ2n) is 8.12. The Bertz CT molecular complexity index is 1400. The Morgan fingerprint density at radius 2 is 1.78 bits per heavy atom. The molecule has 2 aromatic heterocycles. The molecule has 0 radical (unpaired) electrons. The highest BCUT2D eigenvalue weighted by Crippen LogP contribution is 2.25. The number of ketones is 1. The van der Waals surface area contributed by atoms with E-state index in [-0.39, 0.29) is 18.3 Å². The number of nitrogens with one attached hydrogen (secondary N) is 1. The molecule has 182 valence electrons. The van der Waals surface area contributed by atoms with E-state index >= 15 is 0 Å². The summed E-state index contributed by atoms with van der Waals surface area (Å²) in [7, 11) is 0. The number of thiophene rings is 1. The third-order valence-electron chi connectivity index (χ3n) is 5.28. The van der Waals surface area contributed by atoms with Gasteiger partial charge >= 0.3 is 5.97 Å². The Labute approximate surface area is 213 Å². The number of esters is 1. The van der Waals surface area contributed by atoms with Gasteiger partial charge in [-0.25, -0.2) is 9.48 Å². The van der Waals surface area contributed by atoms with E-state index in [1.807, 2.05) is 67.7 Å². The lowest BCUT2D eigenvalue weighted by Crippen LogP contribution is -2.18. The number of aromatic nitrogens is 2. The first-order valence-electron chi connectivity index (χ1n) is 11.3. The summed E-state index contributed by atoms with van der Waals surface area (Å²) in [6, 6.07) is 21.1. The average Bonchev–Trinajstić information content (AvgIpc) is 3.53. The second kappa shape index (κ2) is 11.4.